The number of imidazole rings is 1. The van der Waals surface area contributed by atoms with Crippen molar-refractivity contribution in [1.29, 1.82) is 0 Å². The van der Waals surface area contributed by atoms with E-state index in [2.05, 4.69) is 25.0 Å². The van der Waals surface area contributed by atoms with Crippen LogP contribution in [-0.2, 0) is 4.74 Å². The van der Waals surface area contributed by atoms with Crippen LogP contribution in [0.15, 0.2) is 17.8 Å². The molecule has 2 aromatic rings. The van der Waals surface area contributed by atoms with Crippen molar-refractivity contribution in [2.24, 2.45) is 5.11 Å². The molecule has 2 aromatic heterocycles. The van der Waals surface area contributed by atoms with Crippen molar-refractivity contribution in [2.45, 2.75) is 24.5 Å². The zero-order valence-corrected chi connectivity index (χ0v) is 10.7. The van der Waals surface area contributed by atoms with Gasteiger partial charge in [-0.1, -0.05) is 5.11 Å². The molecule has 110 valence electrons. The molecule has 11 nitrogen and oxygen atoms in total. The Hall–Kier alpha value is -2.46. The first-order chi connectivity index (χ1) is 10.1. The second kappa shape index (κ2) is 4.82. The van der Waals surface area contributed by atoms with E-state index in [1.165, 1.54) is 12.7 Å². The third-order valence-electron chi connectivity index (χ3n) is 3.39. The van der Waals surface area contributed by atoms with Crippen molar-refractivity contribution in [3.63, 3.8) is 0 Å². The number of aliphatic hydroxyl groups excluding tert-OH is 1. The molecule has 0 spiro atoms. The predicted molar refractivity (Wildman–Crippen MR) is 69.4 cm³/mol. The van der Waals surface area contributed by atoms with Crippen LogP contribution in [-0.4, -0.2) is 48.2 Å². The topological polar surface area (TPSA) is 168 Å². The number of hydrogen-bond acceptors (Lipinski definition) is 8. The first-order valence-electron chi connectivity index (χ1n) is 6.07. The summed E-state index contributed by atoms with van der Waals surface area (Å²) in [6.45, 7) is -0.490. The minimum atomic E-state index is -1.83. The number of nitrogen functional groups attached to an aromatic ring is 1. The third-order valence-corrected chi connectivity index (χ3v) is 3.39. The highest BCUT2D eigenvalue weighted by Crippen LogP contribution is 2.38. The van der Waals surface area contributed by atoms with Gasteiger partial charge in [0, 0.05) is 11.3 Å². The number of aromatic nitrogens is 4. The van der Waals surface area contributed by atoms with Crippen LogP contribution < -0.4 is 5.73 Å². The van der Waals surface area contributed by atoms with Crippen LogP contribution in [0, 0.1) is 0 Å². The number of hydrogen-bond donors (Lipinski definition) is 3. The molecule has 3 heterocycles. The molecule has 0 unspecified atom stereocenters. The van der Waals surface area contributed by atoms with Crippen LogP contribution in [0.4, 0.5) is 5.82 Å². The lowest BCUT2D eigenvalue weighted by atomic mass is 10.1. The van der Waals surface area contributed by atoms with Gasteiger partial charge in [-0.25, -0.2) is 15.0 Å². The van der Waals surface area contributed by atoms with Crippen molar-refractivity contribution >= 4 is 17.0 Å². The largest absolute Gasteiger partial charge is 0.394 e. The molecule has 1 saturated heterocycles. The van der Waals surface area contributed by atoms with E-state index in [1.807, 2.05) is 0 Å². The molecular formula is C10H12N8O3. The van der Waals surface area contributed by atoms with Gasteiger partial charge in [0.05, 0.1) is 12.9 Å². The van der Waals surface area contributed by atoms with Gasteiger partial charge in [0.1, 0.15) is 24.2 Å². The first kappa shape index (κ1) is 13.5. The molecule has 0 amide bonds. The molecule has 0 aromatic carbocycles. The molecular weight excluding hydrogens is 280 g/mol. The Balaban J connectivity index is 2.01. The van der Waals surface area contributed by atoms with Crippen molar-refractivity contribution in [3.8, 4) is 0 Å². The molecule has 1 aliphatic rings. The maximum absolute atomic E-state index is 10.3. The second-order valence-electron chi connectivity index (χ2n) is 4.62. The Labute approximate surface area is 117 Å². The summed E-state index contributed by atoms with van der Waals surface area (Å²) >= 11 is 0. The number of ether oxygens (including phenoxy) is 1. The van der Waals surface area contributed by atoms with E-state index >= 15 is 0 Å². The summed E-state index contributed by atoms with van der Waals surface area (Å²) in [6, 6.07) is 0. The summed E-state index contributed by atoms with van der Waals surface area (Å²) < 4.78 is 7.07. The van der Waals surface area contributed by atoms with Gasteiger partial charge in [-0.05, 0) is 5.53 Å². The van der Waals surface area contributed by atoms with Crippen LogP contribution >= 0.6 is 0 Å². The molecule has 1 fully saturated rings. The number of azide groups is 1. The van der Waals surface area contributed by atoms with Gasteiger partial charge in [-0.15, -0.1) is 0 Å². The molecule has 11 heteroatoms. The Kier molecular flexibility index (Phi) is 3.11. The maximum atomic E-state index is 10.3. The average molecular weight is 292 g/mol. The summed E-state index contributed by atoms with van der Waals surface area (Å²) in [6.07, 6.45) is 0.953. The van der Waals surface area contributed by atoms with Gasteiger partial charge in [-0.3, -0.25) is 4.57 Å². The Morgan fingerprint density at radius 3 is 3.10 bits per heavy atom. The summed E-state index contributed by atoms with van der Waals surface area (Å²) in [5.41, 5.74) is 13.2. The Morgan fingerprint density at radius 2 is 2.38 bits per heavy atom. The summed E-state index contributed by atoms with van der Waals surface area (Å²) in [4.78, 5) is 14.6. The zero-order valence-electron chi connectivity index (χ0n) is 10.7. The Bertz CT molecular complexity index is 726. The maximum Gasteiger partial charge on any atom is 0.176 e. The average Bonchev–Trinajstić information content (AvgIpc) is 3.01. The molecule has 0 radical (unpaired) electrons. The van der Waals surface area contributed by atoms with Crippen molar-refractivity contribution in [3.05, 3.63) is 23.1 Å². The molecule has 0 saturated carbocycles. The lowest BCUT2D eigenvalue weighted by Crippen LogP contribution is -2.38. The number of fused-ring (bicyclic) bond motifs is 1. The van der Waals surface area contributed by atoms with E-state index in [0.29, 0.717) is 11.2 Å². The van der Waals surface area contributed by atoms with Crippen LogP contribution in [0.5, 0.6) is 0 Å². The van der Waals surface area contributed by atoms with Crippen molar-refractivity contribution in [2.75, 3.05) is 12.3 Å². The quantitative estimate of drug-likeness (QED) is 0.395. The first-order valence-corrected chi connectivity index (χ1v) is 6.07. The minimum absolute atomic E-state index is 0.0440. The van der Waals surface area contributed by atoms with Crippen molar-refractivity contribution in [1.82, 2.24) is 19.5 Å². The summed E-state index contributed by atoms with van der Waals surface area (Å²) in [5, 5.41) is 22.8. The van der Waals surface area contributed by atoms with E-state index in [4.69, 9.17) is 16.0 Å². The fraction of sp³-hybridized carbons (Fsp3) is 0.500. The Morgan fingerprint density at radius 1 is 1.57 bits per heavy atom. The minimum Gasteiger partial charge on any atom is -0.394 e. The number of nitrogens with zero attached hydrogens (tertiary/aromatic N) is 7. The van der Waals surface area contributed by atoms with Gasteiger partial charge in [0.25, 0.3) is 0 Å². The van der Waals surface area contributed by atoms with E-state index < -0.39 is 24.7 Å². The lowest BCUT2D eigenvalue weighted by Gasteiger charge is -2.19. The third kappa shape index (κ3) is 2.04. The highest BCUT2D eigenvalue weighted by Gasteiger charge is 2.47. The van der Waals surface area contributed by atoms with Crippen molar-refractivity contribution < 1.29 is 14.9 Å². The fourth-order valence-corrected chi connectivity index (χ4v) is 2.35. The summed E-state index contributed by atoms with van der Waals surface area (Å²) in [7, 11) is 0. The molecule has 4 N–H and O–H groups in total. The van der Waals surface area contributed by atoms with Crippen LogP contribution in [0.2, 0.25) is 0 Å². The summed E-state index contributed by atoms with van der Waals surface area (Å²) in [5.74, 6) is 0.223. The second-order valence-corrected chi connectivity index (χ2v) is 4.62. The van der Waals surface area contributed by atoms with Gasteiger partial charge in [0.15, 0.2) is 17.2 Å². The lowest BCUT2D eigenvalue weighted by molar-refractivity contribution is -0.0784. The molecule has 0 bridgehead atoms. The van der Waals surface area contributed by atoms with E-state index in [1.54, 1.807) is 4.57 Å². The number of rotatable bonds is 3. The van der Waals surface area contributed by atoms with Gasteiger partial charge in [-0.2, -0.15) is 0 Å². The zero-order chi connectivity index (χ0) is 15.0. The van der Waals surface area contributed by atoms with Crippen LogP contribution in [0.25, 0.3) is 21.6 Å². The smallest absolute Gasteiger partial charge is 0.176 e. The van der Waals surface area contributed by atoms with Gasteiger partial charge >= 0.3 is 0 Å². The molecule has 1 aliphatic heterocycles. The number of nitrogens with two attached hydrogens (primary N) is 1. The molecule has 21 heavy (non-hydrogen) atoms. The predicted octanol–water partition coefficient (Wildman–Crippen LogP) is -0.313. The molecule has 3 atom stereocenters. The molecule has 3 rings (SSSR count). The highest BCUT2D eigenvalue weighted by atomic mass is 16.5. The van der Waals surface area contributed by atoms with Crippen LogP contribution in [0.1, 0.15) is 12.6 Å². The van der Waals surface area contributed by atoms with Gasteiger partial charge < -0.3 is 20.7 Å². The fourth-order valence-electron chi connectivity index (χ4n) is 2.35. The van der Waals surface area contributed by atoms with Crippen LogP contribution in [0.3, 0.4) is 0 Å². The monoisotopic (exact) mass is 292 g/mol. The van der Waals surface area contributed by atoms with Gasteiger partial charge in [0.2, 0.25) is 0 Å². The highest BCUT2D eigenvalue weighted by molar-refractivity contribution is 5.81. The number of aliphatic hydroxyl groups is 2. The SMILES string of the molecule is [N-]=[N+]=N[C@]1(O)C[C@H](n2cnc3c(N)ncnc32)O[C@@H]1CO. The standard InChI is InChI=1S/C10H12N8O3/c11-8-7-9(14-3-13-8)18(4-15-7)6-1-10(20,16-17-12)5(2-19)21-6/h3-6,19-20H,1-2H2,(H2,11,13,14)/t5-,6-,10+/m1/s1. The van der Waals surface area contributed by atoms with E-state index in [9.17, 15) is 10.2 Å². The molecule has 0 aliphatic carbocycles. The van der Waals surface area contributed by atoms with E-state index in [-0.39, 0.29) is 12.2 Å². The van der Waals surface area contributed by atoms with E-state index in [0.717, 1.165) is 0 Å². The number of anilines is 1. The normalized spacial score (nSPS) is 28.7.